The summed E-state index contributed by atoms with van der Waals surface area (Å²) in [5.41, 5.74) is 8.49. The lowest BCUT2D eigenvalue weighted by Crippen LogP contribution is -2.41. The van der Waals surface area contributed by atoms with Gasteiger partial charge in [-0.3, -0.25) is 0 Å². The molecule has 1 heterocycles. The summed E-state index contributed by atoms with van der Waals surface area (Å²) in [7, 11) is -0.390. The fourth-order valence-electron chi connectivity index (χ4n) is 2.20. The van der Waals surface area contributed by atoms with Gasteiger partial charge >= 0.3 is 7.12 Å². The van der Waals surface area contributed by atoms with E-state index in [2.05, 4.69) is 35.0 Å². The van der Waals surface area contributed by atoms with Crippen molar-refractivity contribution < 1.29 is 9.31 Å². The maximum Gasteiger partial charge on any atom is 0.491 e. The first kappa shape index (κ1) is 16.8. The summed E-state index contributed by atoms with van der Waals surface area (Å²) < 4.78 is 13.2. The molecule has 1 aromatic rings. The van der Waals surface area contributed by atoms with Crippen LogP contribution in [-0.4, -0.2) is 24.9 Å². The van der Waals surface area contributed by atoms with Gasteiger partial charge in [0.1, 0.15) is 0 Å². The summed E-state index contributed by atoms with van der Waals surface area (Å²) in [6, 6.07) is 6.12. The number of hydrogen-bond donors (Lipinski definition) is 1. The van der Waals surface area contributed by atoms with E-state index < -0.39 is 7.12 Å². The smallest absolute Gasteiger partial charge is 0.400 e. The highest BCUT2D eigenvalue weighted by atomic mass is 79.9. The molecule has 21 heavy (non-hydrogen) atoms. The average Bonchev–Trinajstić information content (AvgIpc) is 2.60. The van der Waals surface area contributed by atoms with E-state index in [1.54, 1.807) is 0 Å². The van der Waals surface area contributed by atoms with Crippen LogP contribution in [0.4, 0.5) is 0 Å². The standard InChI is InChI=1S/C16H23BBrNO2/c1-11-12(7-6-8-14(11)18)9-13(10-19)17-20-15(2,3)16(4,5)21-17/h6-9H,10,19H2,1-5H3. The van der Waals surface area contributed by atoms with Gasteiger partial charge < -0.3 is 15.0 Å². The largest absolute Gasteiger partial charge is 0.491 e. The van der Waals surface area contributed by atoms with Gasteiger partial charge in [0.15, 0.2) is 0 Å². The molecule has 0 aliphatic carbocycles. The molecular weight excluding hydrogens is 329 g/mol. The highest BCUT2D eigenvalue weighted by molar-refractivity contribution is 9.10. The predicted molar refractivity (Wildman–Crippen MR) is 92.0 cm³/mol. The van der Waals surface area contributed by atoms with E-state index in [0.29, 0.717) is 6.54 Å². The molecule has 1 fully saturated rings. The van der Waals surface area contributed by atoms with Crippen molar-refractivity contribution in [1.29, 1.82) is 0 Å². The molecule has 0 atom stereocenters. The minimum Gasteiger partial charge on any atom is -0.400 e. The van der Waals surface area contributed by atoms with Crippen LogP contribution in [0.2, 0.25) is 0 Å². The van der Waals surface area contributed by atoms with Crippen molar-refractivity contribution in [2.75, 3.05) is 6.54 Å². The second-order valence-corrected chi connectivity index (χ2v) is 7.32. The Kier molecular flexibility index (Phi) is 4.69. The minimum atomic E-state index is -0.390. The molecule has 0 spiro atoms. The van der Waals surface area contributed by atoms with E-state index in [4.69, 9.17) is 15.0 Å². The van der Waals surface area contributed by atoms with Crippen molar-refractivity contribution in [3.05, 3.63) is 39.3 Å². The van der Waals surface area contributed by atoms with Crippen molar-refractivity contribution in [3.63, 3.8) is 0 Å². The number of rotatable bonds is 3. The first-order chi connectivity index (χ1) is 9.68. The van der Waals surface area contributed by atoms with Gasteiger partial charge in [0.2, 0.25) is 0 Å². The Morgan fingerprint density at radius 3 is 2.33 bits per heavy atom. The Bertz CT molecular complexity index is 553. The first-order valence-electron chi connectivity index (χ1n) is 7.19. The molecule has 2 N–H and O–H groups in total. The number of benzene rings is 1. The molecule has 3 nitrogen and oxygen atoms in total. The number of halogens is 1. The fraction of sp³-hybridized carbons (Fsp3) is 0.500. The minimum absolute atomic E-state index is 0.349. The summed E-state index contributed by atoms with van der Waals surface area (Å²) >= 11 is 3.55. The molecule has 1 aliphatic rings. The number of hydrogen-bond acceptors (Lipinski definition) is 3. The molecule has 0 amide bonds. The van der Waals surface area contributed by atoms with Gasteiger partial charge in [-0.15, -0.1) is 0 Å². The highest BCUT2D eigenvalue weighted by Crippen LogP contribution is 2.38. The molecule has 1 aromatic carbocycles. The molecule has 0 aromatic heterocycles. The van der Waals surface area contributed by atoms with Gasteiger partial charge in [-0.1, -0.05) is 34.1 Å². The van der Waals surface area contributed by atoms with Crippen LogP contribution < -0.4 is 5.73 Å². The van der Waals surface area contributed by atoms with E-state index in [1.807, 2.05) is 39.8 Å². The topological polar surface area (TPSA) is 44.5 Å². The van der Waals surface area contributed by atoms with Gasteiger partial charge in [-0.05, 0) is 57.3 Å². The maximum absolute atomic E-state index is 6.08. The molecule has 0 radical (unpaired) electrons. The van der Waals surface area contributed by atoms with Crippen LogP contribution in [0.3, 0.4) is 0 Å². The van der Waals surface area contributed by atoms with Crippen LogP contribution >= 0.6 is 15.9 Å². The lowest BCUT2D eigenvalue weighted by molar-refractivity contribution is 0.00578. The third-order valence-corrected chi connectivity index (χ3v) is 5.30. The van der Waals surface area contributed by atoms with Crippen LogP contribution in [0.25, 0.3) is 6.08 Å². The highest BCUT2D eigenvalue weighted by Gasteiger charge is 2.52. The summed E-state index contributed by atoms with van der Waals surface area (Å²) in [5.74, 6) is 0. The second-order valence-electron chi connectivity index (χ2n) is 6.47. The van der Waals surface area contributed by atoms with Gasteiger partial charge in [0.25, 0.3) is 0 Å². The lowest BCUT2D eigenvalue weighted by Gasteiger charge is -2.32. The fourth-order valence-corrected chi connectivity index (χ4v) is 2.58. The summed E-state index contributed by atoms with van der Waals surface area (Å²) in [4.78, 5) is 0. The SMILES string of the molecule is Cc1c(Br)cccc1C=C(CN)B1OC(C)(C)C(C)(C)O1. The van der Waals surface area contributed by atoms with E-state index in [1.165, 1.54) is 5.56 Å². The van der Waals surface area contributed by atoms with E-state index in [9.17, 15) is 0 Å². The quantitative estimate of drug-likeness (QED) is 0.844. The Morgan fingerprint density at radius 2 is 1.81 bits per heavy atom. The van der Waals surface area contributed by atoms with Gasteiger partial charge in [-0.2, -0.15) is 0 Å². The predicted octanol–water partition coefficient (Wildman–Crippen LogP) is 3.73. The van der Waals surface area contributed by atoms with Crippen molar-refractivity contribution in [2.45, 2.75) is 45.8 Å². The third-order valence-electron chi connectivity index (χ3n) is 4.44. The van der Waals surface area contributed by atoms with Gasteiger partial charge in [-0.25, -0.2) is 0 Å². The zero-order chi connectivity index (χ0) is 15.8. The molecule has 0 unspecified atom stereocenters. The van der Waals surface area contributed by atoms with Crippen molar-refractivity contribution in [3.8, 4) is 0 Å². The van der Waals surface area contributed by atoms with Gasteiger partial charge in [0.05, 0.1) is 11.2 Å². The van der Waals surface area contributed by atoms with Crippen LogP contribution in [0.15, 0.2) is 28.1 Å². The van der Waals surface area contributed by atoms with Crippen LogP contribution in [0, 0.1) is 6.92 Å². The zero-order valence-electron chi connectivity index (χ0n) is 13.4. The molecule has 1 saturated heterocycles. The molecule has 0 saturated carbocycles. The van der Waals surface area contributed by atoms with Crippen LogP contribution in [0.5, 0.6) is 0 Å². The van der Waals surface area contributed by atoms with Crippen LogP contribution in [-0.2, 0) is 9.31 Å². The first-order valence-corrected chi connectivity index (χ1v) is 7.98. The Balaban J connectivity index is 2.33. The van der Waals surface area contributed by atoms with Crippen molar-refractivity contribution in [1.82, 2.24) is 0 Å². The van der Waals surface area contributed by atoms with Crippen LogP contribution in [0.1, 0.15) is 38.8 Å². The van der Waals surface area contributed by atoms with E-state index in [0.717, 1.165) is 15.5 Å². The molecule has 1 aliphatic heterocycles. The summed E-state index contributed by atoms with van der Waals surface area (Å²) in [6.07, 6.45) is 2.07. The summed E-state index contributed by atoms with van der Waals surface area (Å²) in [5, 5.41) is 0. The third kappa shape index (κ3) is 3.26. The Morgan fingerprint density at radius 1 is 1.24 bits per heavy atom. The molecular formula is C16H23BBrNO2. The maximum atomic E-state index is 6.08. The monoisotopic (exact) mass is 351 g/mol. The molecule has 2 rings (SSSR count). The number of nitrogens with two attached hydrogens (primary N) is 1. The molecule has 5 heteroatoms. The Labute approximate surface area is 136 Å². The molecule has 0 bridgehead atoms. The lowest BCUT2D eigenvalue weighted by atomic mass is 9.77. The van der Waals surface area contributed by atoms with Gasteiger partial charge in [0, 0.05) is 11.0 Å². The van der Waals surface area contributed by atoms with Crippen molar-refractivity contribution >= 4 is 29.1 Å². The Hall–Kier alpha value is -0.615. The molecule has 114 valence electrons. The van der Waals surface area contributed by atoms with E-state index in [-0.39, 0.29) is 11.2 Å². The van der Waals surface area contributed by atoms with Crippen molar-refractivity contribution in [2.24, 2.45) is 5.73 Å². The summed E-state index contributed by atoms with van der Waals surface area (Å²) in [6.45, 7) is 10.7. The van der Waals surface area contributed by atoms with E-state index >= 15 is 0 Å². The normalized spacial score (nSPS) is 20.9. The average molecular weight is 352 g/mol. The zero-order valence-corrected chi connectivity index (χ0v) is 15.0. The second kappa shape index (κ2) is 5.88.